The van der Waals surface area contributed by atoms with Crippen LogP contribution in [0, 0.1) is 11.8 Å². The smallest absolute Gasteiger partial charge is 0.308 e. The fourth-order valence-corrected chi connectivity index (χ4v) is 1.08. The molecule has 0 amide bonds. The third-order valence-electron chi connectivity index (χ3n) is 1.89. The summed E-state index contributed by atoms with van der Waals surface area (Å²) in [5, 5.41) is 17.2. The van der Waals surface area contributed by atoms with Gasteiger partial charge in [0.2, 0.25) is 0 Å². The van der Waals surface area contributed by atoms with Gasteiger partial charge in [-0.25, -0.2) is 0 Å². The summed E-state index contributed by atoms with van der Waals surface area (Å²) in [7, 11) is 0. The molecule has 0 radical (unpaired) electrons. The lowest BCUT2D eigenvalue weighted by molar-refractivity contribution is -0.145. The molecule has 1 aliphatic rings. The number of carboxylic acid groups (broad SMARTS) is 1. The lowest BCUT2D eigenvalue weighted by Crippen LogP contribution is -2.32. The van der Waals surface area contributed by atoms with Gasteiger partial charge in [-0.3, -0.25) is 4.79 Å². The summed E-state index contributed by atoms with van der Waals surface area (Å²) in [6.45, 7) is 1.01. The molecule has 0 aromatic heterocycles. The van der Waals surface area contributed by atoms with Crippen LogP contribution >= 0.6 is 0 Å². The van der Waals surface area contributed by atoms with Gasteiger partial charge >= 0.3 is 5.97 Å². The number of hydrogen-bond acceptors (Lipinski definition) is 3. The molecule has 0 spiro atoms. The fraction of sp³-hybridized carbons (Fsp3) is 0.857. The normalized spacial score (nSPS) is 20.8. The van der Waals surface area contributed by atoms with Gasteiger partial charge in [-0.2, -0.15) is 0 Å². The van der Waals surface area contributed by atoms with Gasteiger partial charge in [-0.05, 0) is 6.42 Å². The van der Waals surface area contributed by atoms with Crippen LogP contribution in [0.1, 0.15) is 6.42 Å². The molecule has 2 N–H and O–H groups in total. The predicted molar refractivity (Wildman–Crippen MR) is 37.1 cm³/mol. The first-order valence-corrected chi connectivity index (χ1v) is 3.65. The second-order valence-corrected chi connectivity index (χ2v) is 2.86. The van der Waals surface area contributed by atoms with Crippen LogP contribution in [0.15, 0.2) is 0 Å². The molecule has 0 aliphatic carbocycles. The van der Waals surface area contributed by atoms with Crippen LogP contribution in [0.5, 0.6) is 0 Å². The molecule has 1 fully saturated rings. The number of aliphatic carboxylic acids is 1. The number of aliphatic hydroxyl groups excluding tert-OH is 1. The van der Waals surface area contributed by atoms with Crippen LogP contribution in [0.25, 0.3) is 0 Å². The molecule has 1 heterocycles. The minimum absolute atomic E-state index is 0.272. The van der Waals surface area contributed by atoms with Crippen LogP contribution in [0.3, 0.4) is 0 Å². The van der Waals surface area contributed by atoms with E-state index in [1.807, 2.05) is 0 Å². The molecule has 1 atom stereocenters. The summed E-state index contributed by atoms with van der Waals surface area (Å²) < 4.78 is 4.89. The number of hydrogen-bond donors (Lipinski definition) is 2. The third-order valence-corrected chi connectivity index (χ3v) is 1.89. The van der Waals surface area contributed by atoms with Gasteiger partial charge in [0.1, 0.15) is 0 Å². The van der Waals surface area contributed by atoms with Gasteiger partial charge in [0.15, 0.2) is 0 Å². The number of aliphatic hydroxyl groups is 1. The summed E-state index contributed by atoms with van der Waals surface area (Å²) in [6.07, 6.45) is 0.534. The molecular formula is C7H12O4. The third kappa shape index (κ3) is 2.17. The number of carbonyl (C=O) groups is 1. The average molecular weight is 160 g/mol. The van der Waals surface area contributed by atoms with Gasteiger partial charge in [-0.15, -0.1) is 0 Å². The zero-order chi connectivity index (χ0) is 8.27. The summed E-state index contributed by atoms with van der Waals surface area (Å²) in [5.41, 5.74) is 0. The Bertz CT molecular complexity index is 141. The monoisotopic (exact) mass is 160 g/mol. The molecule has 1 saturated heterocycles. The van der Waals surface area contributed by atoms with E-state index in [9.17, 15) is 4.79 Å². The van der Waals surface area contributed by atoms with E-state index in [0.717, 1.165) is 0 Å². The molecule has 0 saturated carbocycles. The largest absolute Gasteiger partial charge is 0.481 e. The predicted octanol–water partition coefficient (Wildman–Crippen LogP) is -0.284. The van der Waals surface area contributed by atoms with E-state index in [1.54, 1.807) is 0 Å². The van der Waals surface area contributed by atoms with E-state index in [1.165, 1.54) is 0 Å². The number of rotatable bonds is 4. The van der Waals surface area contributed by atoms with E-state index in [-0.39, 0.29) is 6.61 Å². The molecule has 1 rings (SSSR count). The summed E-state index contributed by atoms with van der Waals surface area (Å²) in [4.78, 5) is 10.4. The highest BCUT2D eigenvalue weighted by molar-refractivity contribution is 5.70. The first kappa shape index (κ1) is 8.49. The molecule has 64 valence electrons. The Morgan fingerprint density at radius 1 is 1.64 bits per heavy atom. The molecular weight excluding hydrogens is 148 g/mol. The molecule has 1 aliphatic heterocycles. The van der Waals surface area contributed by atoms with Gasteiger partial charge in [-0.1, -0.05) is 0 Å². The molecule has 11 heavy (non-hydrogen) atoms. The van der Waals surface area contributed by atoms with Crippen molar-refractivity contribution in [1.29, 1.82) is 0 Å². The van der Waals surface area contributed by atoms with Crippen molar-refractivity contribution in [2.45, 2.75) is 6.42 Å². The summed E-state index contributed by atoms with van der Waals surface area (Å²) in [6, 6.07) is 0. The standard InChI is InChI=1S/C7H12O4/c8-2-6(7(9)10)1-5-3-11-4-5/h5-6,8H,1-4H2,(H,9,10). The molecule has 0 bridgehead atoms. The van der Waals surface area contributed by atoms with Crippen molar-refractivity contribution in [3.63, 3.8) is 0 Å². The highest BCUT2D eigenvalue weighted by Gasteiger charge is 2.26. The lowest BCUT2D eigenvalue weighted by Gasteiger charge is -2.27. The molecule has 0 aromatic rings. The SMILES string of the molecule is O=C(O)C(CO)CC1COC1. The maximum absolute atomic E-state index is 10.4. The highest BCUT2D eigenvalue weighted by Crippen LogP contribution is 2.19. The van der Waals surface area contributed by atoms with Crippen molar-refractivity contribution >= 4 is 5.97 Å². The maximum atomic E-state index is 10.4. The second kappa shape index (κ2) is 3.69. The van der Waals surface area contributed by atoms with Gasteiger partial charge in [0.05, 0.1) is 25.7 Å². The van der Waals surface area contributed by atoms with Crippen molar-refractivity contribution < 1.29 is 19.7 Å². The fourth-order valence-electron chi connectivity index (χ4n) is 1.08. The molecule has 1 unspecified atom stereocenters. The van der Waals surface area contributed by atoms with E-state index >= 15 is 0 Å². The van der Waals surface area contributed by atoms with Crippen LogP contribution in [0.4, 0.5) is 0 Å². The van der Waals surface area contributed by atoms with Crippen molar-refractivity contribution in [3.8, 4) is 0 Å². The Labute approximate surface area is 64.8 Å². The zero-order valence-corrected chi connectivity index (χ0v) is 6.19. The second-order valence-electron chi connectivity index (χ2n) is 2.86. The summed E-state index contributed by atoms with van der Waals surface area (Å²) >= 11 is 0. The zero-order valence-electron chi connectivity index (χ0n) is 6.19. The quantitative estimate of drug-likeness (QED) is 0.593. The van der Waals surface area contributed by atoms with Crippen LogP contribution < -0.4 is 0 Å². The first-order chi connectivity index (χ1) is 5.24. The Morgan fingerprint density at radius 2 is 2.27 bits per heavy atom. The minimum Gasteiger partial charge on any atom is -0.481 e. The Hall–Kier alpha value is -0.610. The summed E-state index contributed by atoms with van der Waals surface area (Å²) in [5.74, 6) is -1.19. The first-order valence-electron chi connectivity index (χ1n) is 3.65. The van der Waals surface area contributed by atoms with Crippen LogP contribution in [-0.2, 0) is 9.53 Å². The topological polar surface area (TPSA) is 66.8 Å². The van der Waals surface area contributed by atoms with E-state index in [2.05, 4.69) is 0 Å². The minimum atomic E-state index is -0.917. The Kier molecular flexibility index (Phi) is 2.84. The van der Waals surface area contributed by atoms with Crippen LogP contribution in [-0.4, -0.2) is 36.0 Å². The Balaban J connectivity index is 2.24. The van der Waals surface area contributed by atoms with Gasteiger partial charge < -0.3 is 14.9 Å². The number of ether oxygens (including phenoxy) is 1. The lowest BCUT2D eigenvalue weighted by atomic mass is 9.94. The van der Waals surface area contributed by atoms with E-state index < -0.39 is 11.9 Å². The molecule has 4 nitrogen and oxygen atoms in total. The van der Waals surface area contributed by atoms with Crippen molar-refractivity contribution in [2.24, 2.45) is 11.8 Å². The van der Waals surface area contributed by atoms with Crippen molar-refractivity contribution in [1.82, 2.24) is 0 Å². The van der Waals surface area contributed by atoms with Crippen LogP contribution in [0.2, 0.25) is 0 Å². The van der Waals surface area contributed by atoms with Gasteiger partial charge in [0.25, 0.3) is 0 Å². The van der Waals surface area contributed by atoms with E-state index in [0.29, 0.717) is 25.6 Å². The van der Waals surface area contributed by atoms with Crippen molar-refractivity contribution in [2.75, 3.05) is 19.8 Å². The Morgan fingerprint density at radius 3 is 2.55 bits per heavy atom. The molecule has 4 heteroatoms. The highest BCUT2D eigenvalue weighted by atomic mass is 16.5. The van der Waals surface area contributed by atoms with Gasteiger partial charge in [0, 0.05) is 5.92 Å². The number of carboxylic acids is 1. The maximum Gasteiger partial charge on any atom is 0.308 e. The van der Waals surface area contributed by atoms with Crippen molar-refractivity contribution in [3.05, 3.63) is 0 Å². The van der Waals surface area contributed by atoms with E-state index in [4.69, 9.17) is 14.9 Å². The average Bonchev–Trinajstić information content (AvgIpc) is 1.85. The molecule has 0 aromatic carbocycles.